The number of hydrogen-bond acceptors (Lipinski definition) is 2. The van der Waals surface area contributed by atoms with Crippen LogP contribution in [0.3, 0.4) is 0 Å². The smallest absolute Gasteiger partial charge is 0.255 e. The number of rotatable bonds is 3. The Morgan fingerprint density at radius 2 is 1.84 bits per heavy atom. The monoisotopic (exact) mass is 258 g/mol. The van der Waals surface area contributed by atoms with Crippen LogP contribution in [0.15, 0.2) is 42.5 Å². The second kappa shape index (κ2) is 5.52. The van der Waals surface area contributed by atoms with Gasteiger partial charge in [0.25, 0.3) is 5.91 Å². The molecule has 0 aliphatic rings. The van der Waals surface area contributed by atoms with Gasteiger partial charge in [-0.05, 0) is 36.8 Å². The van der Waals surface area contributed by atoms with E-state index in [1.807, 2.05) is 31.2 Å². The Bertz CT molecular complexity index is 611. The minimum atomic E-state index is -0.445. The number of anilines is 2. The maximum absolute atomic E-state index is 13.6. The molecule has 0 aliphatic heterocycles. The van der Waals surface area contributed by atoms with E-state index in [4.69, 9.17) is 0 Å². The van der Waals surface area contributed by atoms with Crippen molar-refractivity contribution in [3.8, 4) is 0 Å². The Morgan fingerprint density at radius 3 is 2.47 bits per heavy atom. The van der Waals surface area contributed by atoms with Crippen molar-refractivity contribution in [2.75, 3.05) is 17.7 Å². The van der Waals surface area contributed by atoms with Crippen LogP contribution in [0.4, 0.5) is 15.8 Å². The Kier molecular flexibility index (Phi) is 3.80. The van der Waals surface area contributed by atoms with Crippen molar-refractivity contribution in [2.45, 2.75) is 6.92 Å². The third kappa shape index (κ3) is 2.91. The average molecular weight is 258 g/mol. The predicted octanol–water partition coefficient (Wildman–Crippen LogP) is 3.43. The standard InChI is InChI=1S/C15H15FN2O/c1-10-5-3-4-6-13(10)18-15(19)11-7-8-14(17-2)12(16)9-11/h3-9,17H,1-2H3,(H,18,19). The summed E-state index contributed by atoms with van der Waals surface area (Å²) in [5.74, 6) is -0.768. The van der Waals surface area contributed by atoms with Crippen LogP contribution in [0.2, 0.25) is 0 Å². The summed E-state index contributed by atoms with van der Waals surface area (Å²) in [6.07, 6.45) is 0. The summed E-state index contributed by atoms with van der Waals surface area (Å²) in [7, 11) is 1.63. The van der Waals surface area contributed by atoms with Gasteiger partial charge in [0.1, 0.15) is 5.82 Å². The summed E-state index contributed by atoms with van der Waals surface area (Å²) in [6.45, 7) is 1.90. The molecule has 2 aromatic carbocycles. The van der Waals surface area contributed by atoms with Crippen molar-refractivity contribution < 1.29 is 9.18 Å². The number of para-hydroxylation sites is 1. The summed E-state index contributed by atoms with van der Waals surface area (Å²) < 4.78 is 13.6. The molecule has 0 unspecified atom stereocenters. The third-order valence-corrected chi connectivity index (χ3v) is 2.89. The van der Waals surface area contributed by atoms with Crippen molar-refractivity contribution in [2.24, 2.45) is 0 Å². The fourth-order valence-electron chi connectivity index (χ4n) is 1.77. The van der Waals surface area contributed by atoms with Crippen LogP contribution in [-0.4, -0.2) is 13.0 Å². The number of hydrogen-bond donors (Lipinski definition) is 2. The summed E-state index contributed by atoms with van der Waals surface area (Å²) in [6, 6.07) is 11.8. The van der Waals surface area contributed by atoms with Crippen LogP contribution in [0.1, 0.15) is 15.9 Å². The van der Waals surface area contributed by atoms with E-state index >= 15 is 0 Å². The molecule has 0 fully saturated rings. The van der Waals surface area contributed by atoms with E-state index in [1.165, 1.54) is 6.07 Å². The first-order valence-electron chi connectivity index (χ1n) is 5.96. The molecule has 0 heterocycles. The highest BCUT2D eigenvalue weighted by Gasteiger charge is 2.10. The number of amides is 1. The molecular formula is C15H15FN2O. The SMILES string of the molecule is CNc1ccc(C(=O)Nc2ccccc2C)cc1F. The highest BCUT2D eigenvalue weighted by Crippen LogP contribution is 2.18. The molecule has 0 atom stereocenters. The van der Waals surface area contributed by atoms with Crippen LogP contribution in [0.5, 0.6) is 0 Å². The normalized spacial score (nSPS) is 10.1. The molecule has 19 heavy (non-hydrogen) atoms. The van der Waals surface area contributed by atoms with E-state index in [2.05, 4.69) is 10.6 Å². The molecule has 0 spiro atoms. The highest BCUT2D eigenvalue weighted by molar-refractivity contribution is 6.04. The van der Waals surface area contributed by atoms with E-state index in [0.717, 1.165) is 11.3 Å². The molecule has 3 nitrogen and oxygen atoms in total. The second-order valence-corrected chi connectivity index (χ2v) is 4.21. The molecule has 0 aliphatic carbocycles. The van der Waals surface area contributed by atoms with E-state index in [9.17, 15) is 9.18 Å². The Balaban J connectivity index is 2.21. The number of benzene rings is 2. The molecule has 2 aromatic rings. The van der Waals surface area contributed by atoms with Gasteiger partial charge in [-0.2, -0.15) is 0 Å². The topological polar surface area (TPSA) is 41.1 Å². The largest absolute Gasteiger partial charge is 0.386 e. The van der Waals surface area contributed by atoms with E-state index in [0.29, 0.717) is 11.3 Å². The number of carbonyl (C=O) groups excluding carboxylic acids is 1. The molecule has 1 amide bonds. The van der Waals surface area contributed by atoms with Gasteiger partial charge in [0.05, 0.1) is 5.69 Å². The molecule has 0 saturated heterocycles. The summed E-state index contributed by atoms with van der Waals surface area (Å²) in [5.41, 5.74) is 2.35. The Labute approximate surface area is 111 Å². The summed E-state index contributed by atoms with van der Waals surface area (Å²) >= 11 is 0. The minimum Gasteiger partial charge on any atom is -0.386 e. The van der Waals surface area contributed by atoms with Crippen molar-refractivity contribution in [3.63, 3.8) is 0 Å². The first-order valence-corrected chi connectivity index (χ1v) is 5.96. The van der Waals surface area contributed by atoms with E-state index in [1.54, 1.807) is 19.2 Å². The third-order valence-electron chi connectivity index (χ3n) is 2.89. The molecular weight excluding hydrogens is 243 g/mol. The van der Waals surface area contributed by atoms with Gasteiger partial charge in [-0.15, -0.1) is 0 Å². The molecule has 0 aromatic heterocycles. The number of carbonyl (C=O) groups is 1. The van der Waals surface area contributed by atoms with Crippen molar-refractivity contribution in [3.05, 3.63) is 59.4 Å². The van der Waals surface area contributed by atoms with E-state index in [-0.39, 0.29) is 5.91 Å². The molecule has 0 saturated carbocycles. The van der Waals surface area contributed by atoms with Crippen LogP contribution >= 0.6 is 0 Å². The highest BCUT2D eigenvalue weighted by atomic mass is 19.1. The molecule has 4 heteroatoms. The van der Waals surface area contributed by atoms with Gasteiger partial charge in [0, 0.05) is 18.3 Å². The van der Waals surface area contributed by atoms with Crippen LogP contribution in [0.25, 0.3) is 0 Å². The zero-order chi connectivity index (χ0) is 13.8. The average Bonchev–Trinajstić information content (AvgIpc) is 2.41. The lowest BCUT2D eigenvalue weighted by Crippen LogP contribution is -2.13. The van der Waals surface area contributed by atoms with Gasteiger partial charge in [-0.3, -0.25) is 4.79 Å². The van der Waals surface area contributed by atoms with Crippen LogP contribution in [-0.2, 0) is 0 Å². The summed E-state index contributed by atoms with van der Waals surface area (Å²) in [5, 5.41) is 5.48. The Morgan fingerprint density at radius 1 is 1.11 bits per heavy atom. The number of halogens is 1. The van der Waals surface area contributed by atoms with Gasteiger partial charge in [0.15, 0.2) is 0 Å². The second-order valence-electron chi connectivity index (χ2n) is 4.21. The van der Waals surface area contributed by atoms with Gasteiger partial charge >= 0.3 is 0 Å². The van der Waals surface area contributed by atoms with Gasteiger partial charge in [0.2, 0.25) is 0 Å². The fourth-order valence-corrected chi connectivity index (χ4v) is 1.77. The Hall–Kier alpha value is -2.36. The fraction of sp³-hybridized carbons (Fsp3) is 0.133. The maximum Gasteiger partial charge on any atom is 0.255 e. The first-order chi connectivity index (χ1) is 9.11. The zero-order valence-electron chi connectivity index (χ0n) is 10.8. The zero-order valence-corrected chi connectivity index (χ0v) is 10.8. The van der Waals surface area contributed by atoms with Crippen molar-refractivity contribution in [1.29, 1.82) is 0 Å². The quantitative estimate of drug-likeness (QED) is 0.885. The van der Waals surface area contributed by atoms with Crippen molar-refractivity contribution in [1.82, 2.24) is 0 Å². The molecule has 2 N–H and O–H groups in total. The molecule has 2 rings (SSSR count). The molecule has 0 radical (unpaired) electrons. The van der Waals surface area contributed by atoms with Gasteiger partial charge < -0.3 is 10.6 Å². The van der Waals surface area contributed by atoms with Gasteiger partial charge in [-0.25, -0.2) is 4.39 Å². The van der Waals surface area contributed by atoms with Crippen molar-refractivity contribution >= 4 is 17.3 Å². The lowest BCUT2D eigenvalue weighted by molar-refractivity contribution is 0.102. The number of aryl methyl sites for hydroxylation is 1. The van der Waals surface area contributed by atoms with Crippen LogP contribution in [0, 0.1) is 12.7 Å². The summed E-state index contributed by atoms with van der Waals surface area (Å²) in [4.78, 5) is 12.0. The first kappa shape index (κ1) is 13.1. The maximum atomic E-state index is 13.6. The molecule has 98 valence electrons. The number of nitrogens with one attached hydrogen (secondary N) is 2. The van der Waals surface area contributed by atoms with Gasteiger partial charge in [-0.1, -0.05) is 18.2 Å². The lowest BCUT2D eigenvalue weighted by Gasteiger charge is -2.09. The van der Waals surface area contributed by atoms with Crippen LogP contribution < -0.4 is 10.6 Å². The lowest BCUT2D eigenvalue weighted by atomic mass is 10.1. The molecule has 0 bridgehead atoms. The minimum absolute atomic E-state index is 0.291. The predicted molar refractivity (Wildman–Crippen MR) is 75.1 cm³/mol. The van der Waals surface area contributed by atoms with E-state index < -0.39 is 5.82 Å².